The van der Waals surface area contributed by atoms with Crippen molar-refractivity contribution in [3.8, 4) is 11.5 Å². The number of nitrogens with zero attached hydrogens (tertiary/aromatic N) is 1. The Balaban J connectivity index is 1.86. The van der Waals surface area contributed by atoms with E-state index in [1.807, 2.05) is 0 Å². The summed E-state index contributed by atoms with van der Waals surface area (Å²) in [6.45, 7) is 0. The summed E-state index contributed by atoms with van der Waals surface area (Å²) in [4.78, 5) is 14.0. The first-order valence-corrected chi connectivity index (χ1v) is 11.3. The predicted octanol–water partition coefficient (Wildman–Crippen LogP) is 3.96. The van der Waals surface area contributed by atoms with Crippen LogP contribution in [0.15, 0.2) is 65.6 Å². The molecule has 0 unspecified atom stereocenters. The third-order valence-electron chi connectivity index (χ3n) is 4.74. The van der Waals surface area contributed by atoms with Crippen molar-refractivity contribution in [1.82, 2.24) is 0 Å². The highest BCUT2D eigenvalue weighted by Crippen LogP contribution is 2.30. The third kappa shape index (κ3) is 5.53. The average Bonchev–Trinajstić information content (AvgIpc) is 2.79. The molecular formula is C23H24FN3O5S. The molecule has 8 nitrogen and oxygen atoms in total. The number of benzene rings is 3. The number of carbonyl (C=O) groups is 1. The summed E-state index contributed by atoms with van der Waals surface area (Å²) in [5.74, 6) is -0.462. The van der Waals surface area contributed by atoms with Crippen LogP contribution in [0, 0.1) is 5.82 Å². The van der Waals surface area contributed by atoms with Crippen LogP contribution in [-0.4, -0.2) is 42.6 Å². The van der Waals surface area contributed by atoms with Crippen LogP contribution in [0.2, 0.25) is 0 Å². The van der Waals surface area contributed by atoms with Crippen LogP contribution in [0.4, 0.5) is 21.5 Å². The van der Waals surface area contributed by atoms with E-state index >= 15 is 0 Å². The molecule has 2 N–H and O–H groups in total. The van der Waals surface area contributed by atoms with E-state index in [0.717, 1.165) is 6.07 Å². The van der Waals surface area contributed by atoms with Gasteiger partial charge in [0.25, 0.3) is 15.9 Å². The zero-order valence-corrected chi connectivity index (χ0v) is 19.4. The highest BCUT2D eigenvalue weighted by molar-refractivity contribution is 7.92. The van der Waals surface area contributed by atoms with Gasteiger partial charge >= 0.3 is 0 Å². The molecule has 0 spiro atoms. The molecule has 10 heteroatoms. The van der Waals surface area contributed by atoms with E-state index in [1.165, 1.54) is 44.6 Å². The summed E-state index contributed by atoms with van der Waals surface area (Å²) >= 11 is 0. The Morgan fingerprint density at radius 3 is 2.15 bits per heavy atom. The lowest BCUT2D eigenvalue weighted by Gasteiger charge is -2.15. The molecule has 33 heavy (non-hydrogen) atoms. The van der Waals surface area contributed by atoms with E-state index in [1.54, 1.807) is 43.3 Å². The van der Waals surface area contributed by atoms with Crippen LogP contribution in [0.1, 0.15) is 10.4 Å². The van der Waals surface area contributed by atoms with Crippen molar-refractivity contribution in [1.29, 1.82) is 0 Å². The Hall–Kier alpha value is -3.79. The minimum atomic E-state index is -4.05. The number of halogens is 1. The molecule has 0 saturated heterocycles. The van der Waals surface area contributed by atoms with Crippen molar-refractivity contribution >= 4 is 33.0 Å². The SMILES string of the molecule is COc1ccc(NS(=O)(=O)c2cc(NC(=O)c3ccc(N(C)C)c(F)c3)ccc2OC)cc1. The van der Waals surface area contributed by atoms with Crippen molar-refractivity contribution in [2.75, 3.05) is 43.3 Å². The Morgan fingerprint density at radius 1 is 0.909 bits per heavy atom. The van der Waals surface area contributed by atoms with Gasteiger partial charge in [-0.15, -0.1) is 0 Å². The van der Waals surface area contributed by atoms with Gasteiger partial charge in [-0.1, -0.05) is 0 Å². The second-order valence-corrected chi connectivity index (χ2v) is 8.87. The maximum Gasteiger partial charge on any atom is 0.265 e. The molecule has 1 amide bonds. The molecule has 3 aromatic rings. The van der Waals surface area contributed by atoms with Gasteiger partial charge in [-0.3, -0.25) is 9.52 Å². The van der Waals surface area contributed by atoms with Gasteiger partial charge in [0.1, 0.15) is 22.2 Å². The number of hydrogen-bond acceptors (Lipinski definition) is 6. The standard InChI is InChI=1S/C23H24FN3O5S/c1-27(2)20-11-5-15(13-19(20)24)23(28)25-17-8-12-21(32-4)22(14-17)33(29,30)26-16-6-9-18(31-3)10-7-16/h5-14,26H,1-4H3,(H,25,28). The Morgan fingerprint density at radius 2 is 1.58 bits per heavy atom. The lowest BCUT2D eigenvalue weighted by atomic mass is 10.1. The molecule has 174 valence electrons. The third-order valence-corrected chi connectivity index (χ3v) is 6.15. The van der Waals surface area contributed by atoms with Crippen LogP contribution in [0.3, 0.4) is 0 Å². The number of nitrogens with one attached hydrogen (secondary N) is 2. The molecule has 0 aliphatic carbocycles. The topological polar surface area (TPSA) is 97.0 Å². The lowest BCUT2D eigenvalue weighted by Crippen LogP contribution is -2.17. The molecule has 0 bridgehead atoms. The maximum atomic E-state index is 14.2. The zero-order valence-electron chi connectivity index (χ0n) is 18.5. The number of ether oxygens (including phenoxy) is 2. The monoisotopic (exact) mass is 473 g/mol. The van der Waals surface area contributed by atoms with E-state index in [-0.39, 0.29) is 21.9 Å². The number of sulfonamides is 1. The average molecular weight is 474 g/mol. The largest absolute Gasteiger partial charge is 0.497 e. The molecule has 0 fully saturated rings. The first kappa shape index (κ1) is 23.9. The van der Waals surface area contributed by atoms with Gasteiger partial charge in [-0.25, -0.2) is 12.8 Å². The second-order valence-electron chi connectivity index (χ2n) is 7.21. The number of methoxy groups -OCH3 is 2. The summed E-state index contributed by atoms with van der Waals surface area (Å²) in [7, 11) is 2.18. The number of hydrogen-bond donors (Lipinski definition) is 2. The zero-order chi connectivity index (χ0) is 24.2. The van der Waals surface area contributed by atoms with Gasteiger partial charge < -0.3 is 19.7 Å². The number of carbonyl (C=O) groups excluding carboxylic acids is 1. The normalized spacial score (nSPS) is 10.9. The fraction of sp³-hybridized carbons (Fsp3) is 0.174. The number of rotatable bonds is 8. The van der Waals surface area contributed by atoms with Gasteiger partial charge in [0.2, 0.25) is 0 Å². The van der Waals surface area contributed by atoms with Gasteiger partial charge in [0.15, 0.2) is 0 Å². The van der Waals surface area contributed by atoms with Gasteiger partial charge in [-0.05, 0) is 60.7 Å². The molecule has 0 saturated carbocycles. The summed E-state index contributed by atoms with van der Waals surface area (Å²) in [5.41, 5.74) is 0.959. The van der Waals surface area contributed by atoms with Crippen LogP contribution < -0.4 is 24.4 Å². The Labute approximate surface area is 192 Å². The maximum absolute atomic E-state index is 14.2. The molecule has 0 aliphatic rings. The number of amides is 1. The smallest absolute Gasteiger partial charge is 0.265 e. The molecule has 0 atom stereocenters. The van der Waals surface area contributed by atoms with Gasteiger partial charge in [0, 0.05) is 31.0 Å². The minimum Gasteiger partial charge on any atom is -0.497 e. The Kier molecular flexibility index (Phi) is 7.07. The van der Waals surface area contributed by atoms with E-state index in [4.69, 9.17) is 9.47 Å². The van der Waals surface area contributed by atoms with Crippen molar-refractivity contribution in [2.24, 2.45) is 0 Å². The first-order chi connectivity index (χ1) is 15.6. The molecule has 0 aliphatic heterocycles. The van der Waals surface area contributed by atoms with Gasteiger partial charge in [-0.2, -0.15) is 0 Å². The first-order valence-electron chi connectivity index (χ1n) is 9.77. The fourth-order valence-corrected chi connectivity index (χ4v) is 4.30. The van der Waals surface area contributed by atoms with Crippen molar-refractivity contribution in [2.45, 2.75) is 4.90 Å². The minimum absolute atomic E-state index is 0.0923. The lowest BCUT2D eigenvalue weighted by molar-refractivity contribution is 0.102. The van der Waals surface area contributed by atoms with Crippen LogP contribution in [0.5, 0.6) is 11.5 Å². The molecule has 3 rings (SSSR count). The molecular weight excluding hydrogens is 449 g/mol. The highest BCUT2D eigenvalue weighted by atomic mass is 32.2. The number of anilines is 3. The summed E-state index contributed by atoms with van der Waals surface area (Å²) in [6.07, 6.45) is 0. The molecule has 0 aromatic heterocycles. The van der Waals surface area contributed by atoms with Crippen molar-refractivity contribution in [3.63, 3.8) is 0 Å². The molecule has 3 aromatic carbocycles. The highest BCUT2D eigenvalue weighted by Gasteiger charge is 2.21. The van der Waals surface area contributed by atoms with Crippen molar-refractivity contribution < 1.29 is 27.1 Å². The Bertz CT molecular complexity index is 1260. The quantitative estimate of drug-likeness (QED) is 0.514. The molecule has 0 radical (unpaired) electrons. The van der Waals surface area contributed by atoms with Crippen molar-refractivity contribution in [3.05, 3.63) is 72.0 Å². The van der Waals surface area contributed by atoms with E-state index in [0.29, 0.717) is 17.1 Å². The summed E-state index contributed by atoms with van der Waals surface area (Å²) in [5, 5.41) is 2.59. The van der Waals surface area contributed by atoms with Crippen LogP contribution in [0.25, 0.3) is 0 Å². The van der Waals surface area contributed by atoms with E-state index < -0.39 is 21.7 Å². The van der Waals surface area contributed by atoms with Crippen LogP contribution in [-0.2, 0) is 10.0 Å². The second kappa shape index (κ2) is 9.78. The van der Waals surface area contributed by atoms with Crippen LogP contribution >= 0.6 is 0 Å². The molecule has 0 heterocycles. The van der Waals surface area contributed by atoms with Gasteiger partial charge in [0.05, 0.1) is 19.9 Å². The van der Waals surface area contributed by atoms with E-state index in [9.17, 15) is 17.6 Å². The fourth-order valence-electron chi connectivity index (χ4n) is 3.05. The summed E-state index contributed by atoms with van der Waals surface area (Å²) in [6, 6.07) is 14.6. The predicted molar refractivity (Wildman–Crippen MR) is 125 cm³/mol. The summed E-state index contributed by atoms with van der Waals surface area (Å²) < 4.78 is 53.0. The van der Waals surface area contributed by atoms with E-state index in [2.05, 4.69) is 10.0 Å².